The highest BCUT2D eigenvalue weighted by molar-refractivity contribution is 6.17. The maximum atomic E-state index is 5.49. The van der Waals surface area contributed by atoms with E-state index < -0.39 is 0 Å². The summed E-state index contributed by atoms with van der Waals surface area (Å²) in [4.78, 5) is 5.82. The smallest absolute Gasteiger partial charge is 0.0927 e. The second kappa shape index (κ2) is 2.72. The Balaban J connectivity index is 2.40. The lowest BCUT2D eigenvalue weighted by molar-refractivity contribution is 0.497. The second-order valence-electron chi connectivity index (χ2n) is 1.52. The van der Waals surface area contributed by atoms with E-state index >= 15 is 0 Å². The highest BCUT2D eigenvalue weighted by atomic mass is 35.5. The van der Waals surface area contributed by atoms with E-state index in [1.165, 1.54) is 0 Å². The van der Waals surface area contributed by atoms with Crippen molar-refractivity contribution in [1.82, 2.24) is 4.90 Å². The predicted molar refractivity (Wildman–Crippen MR) is 35.1 cm³/mol. The average molecular weight is 131 g/mol. The molecule has 0 spiro atoms. The van der Waals surface area contributed by atoms with Crippen LogP contribution in [0.25, 0.3) is 0 Å². The van der Waals surface area contributed by atoms with E-state index in [4.69, 9.17) is 11.6 Å². The zero-order valence-electron chi connectivity index (χ0n) is 4.42. The molecule has 0 aromatic rings. The maximum absolute atomic E-state index is 5.49. The summed E-state index contributed by atoms with van der Waals surface area (Å²) in [7, 11) is 0. The van der Waals surface area contributed by atoms with Gasteiger partial charge in [-0.2, -0.15) is 0 Å². The molecule has 0 saturated heterocycles. The van der Waals surface area contributed by atoms with Gasteiger partial charge < -0.3 is 4.90 Å². The molecular formula is C5H7ClN2. The number of hydrogen-bond acceptors (Lipinski definition) is 2. The molecule has 0 saturated carbocycles. The summed E-state index contributed by atoms with van der Waals surface area (Å²) in [5.41, 5.74) is 0. The number of aliphatic imine (C=N–C) groups is 1. The fourth-order valence-corrected chi connectivity index (χ4v) is 0.672. The van der Waals surface area contributed by atoms with Crippen molar-refractivity contribution in [1.29, 1.82) is 0 Å². The quantitative estimate of drug-likeness (QED) is 0.383. The zero-order chi connectivity index (χ0) is 5.82. The van der Waals surface area contributed by atoms with Crippen LogP contribution in [0.1, 0.15) is 0 Å². The van der Waals surface area contributed by atoms with Crippen molar-refractivity contribution >= 4 is 17.8 Å². The summed E-state index contributed by atoms with van der Waals surface area (Å²) in [6, 6.07) is 0.544. The molecule has 0 bridgehead atoms. The molecule has 8 heavy (non-hydrogen) atoms. The van der Waals surface area contributed by atoms with E-state index in [0.717, 1.165) is 6.54 Å². The van der Waals surface area contributed by atoms with Gasteiger partial charge in [0, 0.05) is 18.6 Å². The molecule has 44 valence electrons. The first-order chi connectivity index (χ1) is 3.93. The standard InChI is InChI=1S/C5H7ClN2/c6-5-8-3-1-7-2-4-8/h1-3H,4-5H2. The van der Waals surface area contributed by atoms with E-state index in [-0.39, 0.29) is 0 Å². The SMILES string of the molecule is ClCN1C=CN=CC1. The summed E-state index contributed by atoms with van der Waals surface area (Å²) >= 11 is 5.49. The molecule has 0 aliphatic carbocycles. The first-order valence-corrected chi connectivity index (χ1v) is 2.95. The molecule has 0 atom stereocenters. The van der Waals surface area contributed by atoms with E-state index in [9.17, 15) is 0 Å². The van der Waals surface area contributed by atoms with Crippen molar-refractivity contribution in [2.75, 3.05) is 12.5 Å². The van der Waals surface area contributed by atoms with Crippen molar-refractivity contribution in [3.63, 3.8) is 0 Å². The van der Waals surface area contributed by atoms with Crippen molar-refractivity contribution in [3.05, 3.63) is 12.4 Å². The van der Waals surface area contributed by atoms with Gasteiger partial charge in [-0.05, 0) is 0 Å². The van der Waals surface area contributed by atoms with Crippen molar-refractivity contribution in [2.45, 2.75) is 0 Å². The molecule has 1 aliphatic heterocycles. The Morgan fingerprint density at radius 1 is 1.75 bits per heavy atom. The molecule has 0 unspecified atom stereocenters. The molecule has 0 fully saturated rings. The highest BCUT2D eigenvalue weighted by Gasteiger charge is 1.94. The molecule has 0 aromatic heterocycles. The van der Waals surface area contributed by atoms with Crippen LogP contribution in [0.4, 0.5) is 0 Å². The minimum Gasteiger partial charge on any atom is -0.357 e. The largest absolute Gasteiger partial charge is 0.357 e. The first kappa shape index (κ1) is 5.63. The number of alkyl halides is 1. The normalized spacial score (nSPS) is 17.4. The van der Waals surface area contributed by atoms with Crippen LogP contribution >= 0.6 is 11.6 Å². The minimum atomic E-state index is 0.544. The van der Waals surface area contributed by atoms with E-state index in [0.29, 0.717) is 6.00 Å². The third-order valence-corrected chi connectivity index (χ3v) is 1.25. The van der Waals surface area contributed by atoms with Crippen LogP contribution in [0, 0.1) is 0 Å². The lowest BCUT2D eigenvalue weighted by atomic mass is 10.5. The van der Waals surface area contributed by atoms with Gasteiger partial charge in [0.1, 0.15) is 0 Å². The molecule has 2 nitrogen and oxygen atoms in total. The first-order valence-electron chi connectivity index (χ1n) is 2.42. The fraction of sp³-hybridized carbons (Fsp3) is 0.400. The fourth-order valence-electron chi connectivity index (χ4n) is 0.495. The van der Waals surface area contributed by atoms with E-state index in [1.54, 1.807) is 6.20 Å². The molecule has 1 aliphatic rings. The maximum Gasteiger partial charge on any atom is 0.0927 e. The number of rotatable bonds is 1. The van der Waals surface area contributed by atoms with Crippen LogP contribution in [-0.4, -0.2) is 23.7 Å². The van der Waals surface area contributed by atoms with Gasteiger partial charge in [-0.25, -0.2) is 0 Å². The number of nitrogens with zero attached hydrogens (tertiary/aromatic N) is 2. The molecule has 1 rings (SSSR count). The topological polar surface area (TPSA) is 15.6 Å². The third kappa shape index (κ3) is 1.23. The Morgan fingerprint density at radius 2 is 2.62 bits per heavy atom. The lowest BCUT2D eigenvalue weighted by Gasteiger charge is -2.14. The van der Waals surface area contributed by atoms with Crippen LogP contribution in [0.5, 0.6) is 0 Å². The summed E-state index contributed by atoms with van der Waals surface area (Å²) in [6.07, 6.45) is 5.42. The summed E-state index contributed by atoms with van der Waals surface area (Å²) in [5.74, 6) is 0. The Kier molecular flexibility index (Phi) is 1.92. The average Bonchev–Trinajstić information content (AvgIpc) is 1.90. The number of hydrogen-bond donors (Lipinski definition) is 0. The Hall–Kier alpha value is -0.500. The van der Waals surface area contributed by atoms with Gasteiger partial charge in [0.2, 0.25) is 0 Å². The third-order valence-electron chi connectivity index (χ3n) is 0.939. The molecule has 0 radical (unpaired) electrons. The summed E-state index contributed by atoms with van der Waals surface area (Å²) < 4.78 is 0. The van der Waals surface area contributed by atoms with Gasteiger partial charge in [-0.1, -0.05) is 0 Å². The van der Waals surface area contributed by atoms with Gasteiger partial charge in [0.05, 0.1) is 12.5 Å². The highest BCUT2D eigenvalue weighted by Crippen LogP contribution is 1.94. The Labute approximate surface area is 53.5 Å². The van der Waals surface area contributed by atoms with Crippen molar-refractivity contribution < 1.29 is 0 Å². The van der Waals surface area contributed by atoms with Crippen LogP contribution in [0.2, 0.25) is 0 Å². The Bertz CT molecular complexity index is 120. The second-order valence-corrected chi connectivity index (χ2v) is 1.76. The van der Waals surface area contributed by atoms with Crippen LogP contribution in [0.15, 0.2) is 17.4 Å². The monoisotopic (exact) mass is 130 g/mol. The Morgan fingerprint density at radius 3 is 3.00 bits per heavy atom. The van der Waals surface area contributed by atoms with Gasteiger partial charge in [0.25, 0.3) is 0 Å². The molecule has 1 heterocycles. The van der Waals surface area contributed by atoms with E-state index in [1.807, 2.05) is 17.3 Å². The molecule has 0 aromatic carbocycles. The summed E-state index contributed by atoms with van der Waals surface area (Å²) in [5, 5.41) is 0. The van der Waals surface area contributed by atoms with Crippen LogP contribution < -0.4 is 0 Å². The summed E-state index contributed by atoms with van der Waals surface area (Å²) in [6.45, 7) is 0.833. The molecule has 3 heteroatoms. The molecule has 0 amide bonds. The van der Waals surface area contributed by atoms with Crippen molar-refractivity contribution in [3.8, 4) is 0 Å². The van der Waals surface area contributed by atoms with Crippen LogP contribution in [0.3, 0.4) is 0 Å². The number of halogens is 1. The van der Waals surface area contributed by atoms with E-state index in [2.05, 4.69) is 4.99 Å². The van der Waals surface area contributed by atoms with Crippen LogP contribution in [-0.2, 0) is 0 Å². The van der Waals surface area contributed by atoms with Crippen molar-refractivity contribution in [2.24, 2.45) is 4.99 Å². The van der Waals surface area contributed by atoms with Gasteiger partial charge in [0.15, 0.2) is 0 Å². The lowest BCUT2D eigenvalue weighted by Crippen LogP contribution is -2.19. The molecule has 0 N–H and O–H groups in total. The molecular weight excluding hydrogens is 124 g/mol. The van der Waals surface area contributed by atoms with Gasteiger partial charge in [-0.15, -0.1) is 11.6 Å². The minimum absolute atomic E-state index is 0.544. The predicted octanol–water partition coefficient (Wildman–Crippen LogP) is 1.04. The zero-order valence-corrected chi connectivity index (χ0v) is 5.17. The van der Waals surface area contributed by atoms with Gasteiger partial charge in [-0.3, -0.25) is 4.99 Å². The van der Waals surface area contributed by atoms with Gasteiger partial charge >= 0.3 is 0 Å².